The third-order valence-corrected chi connectivity index (χ3v) is 7.15. The number of nitrogens with one attached hydrogen (secondary N) is 1. The number of nitrogens with zero attached hydrogens (tertiary/aromatic N) is 1. The predicted molar refractivity (Wildman–Crippen MR) is 156 cm³/mol. The predicted octanol–water partition coefficient (Wildman–Crippen LogP) is 6.87. The lowest BCUT2D eigenvalue weighted by atomic mass is 10.1. The van der Waals surface area contributed by atoms with Crippen LogP contribution >= 0.6 is 39.1 Å². The Bertz CT molecular complexity index is 1260. The number of nitrogens with two attached hydrogens (primary N) is 1. The molecule has 0 bridgehead atoms. The van der Waals surface area contributed by atoms with E-state index in [1.54, 1.807) is 30.3 Å². The van der Waals surface area contributed by atoms with E-state index < -0.39 is 11.9 Å². The van der Waals surface area contributed by atoms with E-state index in [-0.39, 0.29) is 25.2 Å². The zero-order valence-corrected chi connectivity index (χ0v) is 24.3. The second-order valence-corrected chi connectivity index (χ2v) is 10.1. The number of hydrogen-bond donors (Lipinski definition) is 2. The lowest BCUT2D eigenvalue weighted by Crippen LogP contribution is -2.22. The molecule has 0 unspecified atom stereocenters. The van der Waals surface area contributed by atoms with Crippen LogP contribution in [0, 0.1) is 0 Å². The summed E-state index contributed by atoms with van der Waals surface area (Å²) in [5.41, 5.74) is 9.55. The highest BCUT2D eigenvalue weighted by Crippen LogP contribution is 2.33. The molecule has 10 heteroatoms. The summed E-state index contributed by atoms with van der Waals surface area (Å²) in [5.74, 6) is -1.05. The number of halogens is 3. The van der Waals surface area contributed by atoms with E-state index in [2.05, 4.69) is 40.0 Å². The van der Waals surface area contributed by atoms with Crippen LogP contribution < -0.4 is 11.1 Å². The van der Waals surface area contributed by atoms with Crippen LogP contribution in [-0.2, 0) is 27.2 Å². The minimum Gasteiger partial charge on any atom is -0.462 e. The fourth-order valence-electron chi connectivity index (χ4n) is 3.76. The number of anilines is 3. The van der Waals surface area contributed by atoms with Crippen molar-refractivity contribution >= 4 is 68.1 Å². The summed E-state index contributed by atoms with van der Waals surface area (Å²) in [4.78, 5) is 27.4. The molecule has 0 amide bonds. The first-order valence-corrected chi connectivity index (χ1v) is 13.7. The van der Waals surface area contributed by atoms with E-state index in [9.17, 15) is 9.59 Å². The molecule has 0 spiro atoms. The van der Waals surface area contributed by atoms with Gasteiger partial charge in [0.2, 0.25) is 0 Å². The minimum absolute atomic E-state index is 0.00644. The highest BCUT2D eigenvalue weighted by molar-refractivity contribution is 9.10. The molecule has 0 aliphatic rings. The first-order chi connectivity index (χ1) is 18.2. The Balaban J connectivity index is 1.55. The zero-order chi connectivity index (χ0) is 27.7. The van der Waals surface area contributed by atoms with Crippen LogP contribution in [0.25, 0.3) is 0 Å². The number of rotatable bonds is 12. The van der Waals surface area contributed by atoms with Gasteiger partial charge in [0.1, 0.15) is 13.2 Å². The smallest absolute Gasteiger partial charge is 0.340 e. The number of carbonyl (C=O) groups is 2. The van der Waals surface area contributed by atoms with Crippen LogP contribution in [0.15, 0.2) is 59.1 Å². The molecule has 0 heterocycles. The molecule has 0 saturated heterocycles. The van der Waals surface area contributed by atoms with Gasteiger partial charge in [0.15, 0.2) is 0 Å². The summed E-state index contributed by atoms with van der Waals surface area (Å²) in [7, 11) is 0. The standard InChI is InChI=1S/C28H30BrCl2N3O4/c1-3-34(4-2)17-18-14-20(26(32)21(29)15-18)28(36)38-13-12-37-25(35)16-19-8-5-6-11-24(19)33-27-22(30)9-7-10-23(27)31/h5-11,14-15,33H,3-4,12-13,16-17,32H2,1-2H3. The molecule has 3 aromatic carbocycles. The number of esters is 2. The third kappa shape index (κ3) is 8.11. The fourth-order valence-corrected chi connectivity index (χ4v) is 4.76. The topological polar surface area (TPSA) is 93.9 Å². The molecular weight excluding hydrogens is 593 g/mol. The van der Waals surface area contributed by atoms with Crippen molar-refractivity contribution in [1.82, 2.24) is 4.90 Å². The molecule has 0 fully saturated rings. The van der Waals surface area contributed by atoms with E-state index in [1.807, 2.05) is 24.3 Å². The first kappa shape index (κ1) is 29.8. The summed E-state index contributed by atoms with van der Waals surface area (Å²) in [6.07, 6.45) is 0.00644. The van der Waals surface area contributed by atoms with Crippen LogP contribution in [0.3, 0.4) is 0 Å². The van der Waals surface area contributed by atoms with Gasteiger partial charge in [0.05, 0.1) is 33.4 Å². The van der Waals surface area contributed by atoms with Crippen LogP contribution in [0.2, 0.25) is 10.0 Å². The van der Waals surface area contributed by atoms with Gasteiger partial charge >= 0.3 is 11.9 Å². The van der Waals surface area contributed by atoms with Gasteiger partial charge in [-0.25, -0.2) is 4.79 Å². The van der Waals surface area contributed by atoms with Crippen LogP contribution in [0.4, 0.5) is 17.1 Å². The Hall–Kier alpha value is -2.78. The lowest BCUT2D eigenvalue weighted by molar-refractivity contribution is -0.143. The normalized spacial score (nSPS) is 10.9. The SMILES string of the molecule is CCN(CC)Cc1cc(Br)c(N)c(C(=O)OCCOC(=O)Cc2ccccc2Nc2c(Cl)cccc2Cl)c1. The number of hydrogen-bond acceptors (Lipinski definition) is 7. The van der Waals surface area contributed by atoms with Crippen LogP contribution in [-0.4, -0.2) is 43.1 Å². The number of nitrogen functional groups attached to an aromatic ring is 1. The molecule has 0 aliphatic heterocycles. The van der Waals surface area contributed by atoms with Gasteiger partial charge in [-0.1, -0.05) is 61.3 Å². The summed E-state index contributed by atoms with van der Waals surface area (Å²) in [5, 5.41) is 4.11. The van der Waals surface area contributed by atoms with Gasteiger partial charge in [-0.2, -0.15) is 0 Å². The fraction of sp³-hybridized carbons (Fsp3) is 0.286. The zero-order valence-electron chi connectivity index (χ0n) is 21.2. The second kappa shape index (κ2) is 14.4. The van der Waals surface area contributed by atoms with Crippen molar-refractivity contribution in [1.29, 1.82) is 0 Å². The molecule has 0 radical (unpaired) electrons. The van der Waals surface area contributed by atoms with Gasteiger partial charge < -0.3 is 20.5 Å². The average Bonchev–Trinajstić information content (AvgIpc) is 2.90. The van der Waals surface area contributed by atoms with Crippen LogP contribution in [0.5, 0.6) is 0 Å². The molecule has 0 aromatic heterocycles. The Morgan fingerprint density at radius 1 is 0.974 bits per heavy atom. The quantitative estimate of drug-likeness (QED) is 0.129. The van der Waals surface area contributed by atoms with E-state index in [1.165, 1.54) is 0 Å². The Labute approximate surface area is 241 Å². The molecule has 202 valence electrons. The number of ether oxygens (including phenoxy) is 2. The molecule has 38 heavy (non-hydrogen) atoms. The number of carbonyl (C=O) groups excluding carboxylic acids is 2. The van der Waals surface area contributed by atoms with Crippen molar-refractivity contribution in [3.63, 3.8) is 0 Å². The van der Waals surface area contributed by atoms with Crippen molar-refractivity contribution in [2.24, 2.45) is 0 Å². The highest BCUT2D eigenvalue weighted by Gasteiger charge is 2.17. The van der Waals surface area contributed by atoms with Crippen molar-refractivity contribution < 1.29 is 19.1 Å². The molecule has 3 rings (SSSR count). The summed E-state index contributed by atoms with van der Waals surface area (Å²) < 4.78 is 11.3. The van der Waals surface area contributed by atoms with E-state index in [4.69, 9.17) is 38.4 Å². The van der Waals surface area contributed by atoms with Crippen LogP contribution in [0.1, 0.15) is 35.3 Å². The maximum Gasteiger partial charge on any atom is 0.340 e. The average molecular weight is 623 g/mol. The van der Waals surface area contributed by atoms with Gasteiger partial charge in [0.25, 0.3) is 0 Å². The van der Waals surface area contributed by atoms with Crippen molar-refractivity contribution in [2.75, 3.05) is 37.4 Å². The maximum atomic E-state index is 12.7. The highest BCUT2D eigenvalue weighted by atomic mass is 79.9. The molecular formula is C28H30BrCl2N3O4. The van der Waals surface area contributed by atoms with E-state index in [0.29, 0.717) is 43.7 Å². The Kier molecular flexibility index (Phi) is 11.3. The minimum atomic E-state index is -0.577. The third-order valence-electron chi connectivity index (χ3n) is 5.86. The van der Waals surface area contributed by atoms with Gasteiger partial charge in [-0.3, -0.25) is 9.69 Å². The Morgan fingerprint density at radius 3 is 2.32 bits per heavy atom. The van der Waals surface area contributed by atoms with Crippen molar-refractivity contribution in [3.8, 4) is 0 Å². The summed E-state index contributed by atoms with van der Waals surface area (Å²) in [6.45, 7) is 6.43. The first-order valence-electron chi connectivity index (χ1n) is 12.1. The van der Waals surface area contributed by atoms with Gasteiger partial charge in [0, 0.05) is 16.7 Å². The molecule has 3 N–H and O–H groups in total. The van der Waals surface area contributed by atoms with E-state index >= 15 is 0 Å². The molecule has 7 nitrogen and oxygen atoms in total. The lowest BCUT2D eigenvalue weighted by Gasteiger charge is -2.19. The largest absolute Gasteiger partial charge is 0.462 e. The van der Waals surface area contributed by atoms with E-state index in [0.717, 1.165) is 18.7 Å². The van der Waals surface area contributed by atoms with Gasteiger partial charge in [-0.05, 0) is 70.5 Å². The number of benzene rings is 3. The maximum absolute atomic E-state index is 12.7. The molecule has 0 saturated carbocycles. The van der Waals surface area contributed by atoms with Crippen molar-refractivity contribution in [2.45, 2.75) is 26.8 Å². The van der Waals surface area contributed by atoms with Crippen molar-refractivity contribution in [3.05, 3.63) is 85.8 Å². The molecule has 0 aliphatic carbocycles. The molecule has 3 aromatic rings. The van der Waals surface area contributed by atoms with Gasteiger partial charge in [-0.15, -0.1) is 0 Å². The monoisotopic (exact) mass is 621 g/mol. The molecule has 0 atom stereocenters. The second-order valence-electron chi connectivity index (χ2n) is 8.41. The number of para-hydroxylation sites is 2. The summed E-state index contributed by atoms with van der Waals surface area (Å²) in [6, 6.07) is 16.1. The Morgan fingerprint density at radius 2 is 1.63 bits per heavy atom. The summed E-state index contributed by atoms with van der Waals surface area (Å²) >= 11 is 15.9.